The first-order chi connectivity index (χ1) is 10.9. The molecule has 2 rings (SSSR count). The molecule has 1 aliphatic heterocycles. The van der Waals surface area contributed by atoms with Crippen molar-refractivity contribution in [3.05, 3.63) is 15.8 Å². The van der Waals surface area contributed by atoms with Crippen molar-refractivity contribution in [2.45, 2.75) is 32.1 Å². The minimum Gasteiger partial charge on any atom is -0.381 e. The van der Waals surface area contributed by atoms with Crippen molar-refractivity contribution in [2.75, 3.05) is 39.4 Å². The fraction of sp³-hybridized carbons (Fsp3) is 0.667. The van der Waals surface area contributed by atoms with Crippen molar-refractivity contribution in [3.63, 3.8) is 0 Å². The molecule has 1 aromatic rings. The standard InChI is InChI=1S/C15H24N2O4S2/c1-4-21-10-5-15(18)16-6-8-17(9-7-16)23(19,20)14-11-12(2)22-13(14)3/h11H,4-10H2,1-3H3. The number of rotatable bonds is 6. The van der Waals surface area contributed by atoms with E-state index in [-0.39, 0.29) is 5.91 Å². The highest BCUT2D eigenvalue weighted by molar-refractivity contribution is 7.89. The molecule has 1 aromatic heterocycles. The van der Waals surface area contributed by atoms with Gasteiger partial charge in [-0.1, -0.05) is 0 Å². The van der Waals surface area contributed by atoms with Crippen LogP contribution in [0.3, 0.4) is 0 Å². The van der Waals surface area contributed by atoms with E-state index in [1.165, 1.54) is 15.6 Å². The number of thiophene rings is 1. The van der Waals surface area contributed by atoms with Gasteiger partial charge in [-0.15, -0.1) is 11.3 Å². The summed E-state index contributed by atoms with van der Waals surface area (Å²) in [7, 11) is -3.46. The number of amides is 1. The highest BCUT2D eigenvalue weighted by Crippen LogP contribution is 2.28. The zero-order valence-corrected chi connectivity index (χ0v) is 15.5. The maximum absolute atomic E-state index is 12.7. The van der Waals surface area contributed by atoms with Crippen molar-refractivity contribution >= 4 is 27.3 Å². The van der Waals surface area contributed by atoms with Gasteiger partial charge in [-0.3, -0.25) is 4.79 Å². The molecule has 1 fully saturated rings. The summed E-state index contributed by atoms with van der Waals surface area (Å²) in [6, 6.07) is 1.73. The zero-order chi connectivity index (χ0) is 17.0. The van der Waals surface area contributed by atoms with Crippen LogP contribution < -0.4 is 0 Å². The number of sulfonamides is 1. The van der Waals surface area contributed by atoms with E-state index in [2.05, 4.69) is 0 Å². The number of carbonyl (C=O) groups is 1. The Morgan fingerprint density at radius 1 is 1.26 bits per heavy atom. The Balaban J connectivity index is 1.96. The Morgan fingerprint density at radius 3 is 2.43 bits per heavy atom. The summed E-state index contributed by atoms with van der Waals surface area (Å²) in [5, 5.41) is 0. The van der Waals surface area contributed by atoms with Crippen LogP contribution >= 0.6 is 11.3 Å². The van der Waals surface area contributed by atoms with Crippen LogP contribution in [0.1, 0.15) is 23.1 Å². The van der Waals surface area contributed by atoms with Gasteiger partial charge >= 0.3 is 0 Å². The van der Waals surface area contributed by atoms with E-state index in [9.17, 15) is 13.2 Å². The number of ether oxygens (including phenoxy) is 1. The monoisotopic (exact) mass is 360 g/mol. The third kappa shape index (κ3) is 4.32. The molecular formula is C15H24N2O4S2. The van der Waals surface area contributed by atoms with Gasteiger partial charge in [-0.2, -0.15) is 4.31 Å². The van der Waals surface area contributed by atoms with Gasteiger partial charge in [0.15, 0.2) is 0 Å². The first-order valence-corrected chi connectivity index (χ1v) is 10.0. The Kier molecular flexibility index (Phi) is 6.19. The smallest absolute Gasteiger partial charge is 0.244 e. The van der Waals surface area contributed by atoms with Gasteiger partial charge in [0, 0.05) is 42.5 Å². The summed E-state index contributed by atoms with van der Waals surface area (Å²) < 4.78 is 32.1. The first kappa shape index (κ1) is 18.4. The Morgan fingerprint density at radius 2 is 1.91 bits per heavy atom. The second-order valence-electron chi connectivity index (χ2n) is 5.51. The lowest BCUT2D eigenvalue weighted by Gasteiger charge is -2.34. The molecule has 0 unspecified atom stereocenters. The molecule has 23 heavy (non-hydrogen) atoms. The minimum absolute atomic E-state index is 0.0260. The Hall–Kier alpha value is -0.960. The maximum atomic E-state index is 12.7. The van der Waals surface area contributed by atoms with Crippen molar-refractivity contribution in [2.24, 2.45) is 0 Å². The van der Waals surface area contributed by atoms with Crippen molar-refractivity contribution in [1.82, 2.24) is 9.21 Å². The molecule has 2 heterocycles. The van der Waals surface area contributed by atoms with Crippen molar-refractivity contribution in [1.29, 1.82) is 0 Å². The summed E-state index contributed by atoms with van der Waals surface area (Å²) >= 11 is 1.49. The average Bonchev–Trinajstić information content (AvgIpc) is 2.87. The van der Waals surface area contributed by atoms with Gasteiger partial charge in [0.2, 0.25) is 15.9 Å². The van der Waals surface area contributed by atoms with E-state index in [0.29, 0.717) is 50.7 Å². The van der Waals surface area contributed by atoms with Crippen LogP contribution in [0.5, 0.6) is 0 Å². The number of hydrogen-bond donors (Lipinski definition) is 0. The van der Waals surface area contributed by atoms with Crippen LogP contribution in [-0.4, -0.2) is 62.9 Å². The molecule has 8 heteroatoms. The number of piperazine rings is 1. The third-order valence-corrected chi connectivity index (χ3v) is 6.99. The predicted molar refractivity (Wildman–Crippen MR) is 90.2 cm³/mol. The molecule has 0 aromatic carbocycles. The molecule has 1 amide bonds. The molecule has 6 nitrogen and oxygen atoms in total. The summed E-state index contributed by atoms with van der Waals surface area (Å²) in [4.78, 5) is 16.0. The van der Waals surface area contributed by atoms with E-state index in [1.54, 1.807) is 11.0 Å². The van der Waals surface area contributed by atoms with Gasteiger partial charge < -0.3 is 9.64 Å². The fourth-order valence-electron chi connectivity index (χ4n) is 2.64. The van der Waals surface area contributed by atoms with Crippen LogP contribution in [0.25, 0.3) is 0 Å². The van der Waals surface area contributed by atoms with Gasteiger partial charge in [0.05, 0.1) is 17.9 Å². The number of nitrogens with zero attached hydrogens (tertiary/aromatic N) is 2. The summed E-state index contributed by atoms with van der Waals surface area (Å²) in [6.07, 6.45) is 0.351. The Bertz CT molecular complexity index is 646. The first-order valence-electron chi connectivity index (χ1n) is 7.79. The normalized spacial score (nSPS) is 16.7. The topological polar surface area (TPSA) is 66.9 Å². The SMILES string of the molecule is CCOCCC(=O)N1CCN(S(=O)(=O)c2cc(C)sc2C)CC1. The largest absolute Gasteiger partial charge is 0.381 e. The van der Waals surface area contributed by atoms with Crippen LogP contribution in [0.15, 0.2) is 11.0 Å². The average molecular weight is 361 g/mol. The van der Waals surface area contributed by atoms with Gasteiger partial charge in [-0.25, -0.2) is 8.42 Å². The highest BCUT2D eigenvalue weighted by atomic mass is 32.2. The highest BCUT2D eigenvalue weighted by Gasteiger charge is 2.31. The lowest BCUT2D eigenvalue weighted by Crippen LogP contribution is -2.50. The molecule has 0 aliphatic carbocycles. The lowest BCUT2D eigenvalue weighted by atomic mass is 10.3. The molecule has 0 bridgehead atoms. The summed E-state index contributed by atoms with van der Waals surface area (Å²) in [5.74, 6) is 0.0260. The third-order valence-electron chi connectivity index (χ3n) is 3.87. The van der Waals surface area contributed by atoms with E-state index >= 15 is 0 Å². The summed E-state index contributed by atoms with van der Waals surface area (Å²) in [5.41, 5.74) is 0. The second kappa shape index (κ2) is 7.74. The molecular weight excluding hydrogens is 336 g/mol. The Labute approximate surface area is 142 Å². The van der Waals surface area contributed by atoms with Crippen molar-refractivity contribution in [3.8, 4) is 0 Å². The summed E-state index contributed by atoms with van der Waals surface area (Å²) in [6.45, 7) is 8.21. The van der Waals surface area contributed by atoms with E-state index in [4.69, 9.17) is 4.74 Å². The van der Waals surface area contributed by atoms with Crippen LogP contribution in [0.2, 0.25) is 0 Å². The molecule has 0 atom stereocenters. The van der Waals surface area contributed by atoms with E-state index < -0.39 is 10.0 Å². The molecule has 130 valence electrons. The van der Waals surface area contributed by atoms with Gasteiger partial charge in [0.1, 0.15) is 0 Å². The molecule has 0 spiro atoms. The van der Waals surface area contributed by atoms with Crippen LogP contribution in [0, 0.1) is 13.8 Å². The minimum atomic E-state index is -3.46. The van der Waals surface area contributed by atoms with Crippen molar-refractivity contribution < 1.29 is 17.9 Å². The van der Waals surface area contributed by atoms with Crippen LogP contribution in [0.4, 0.5) is 0 Å². The predicted octanol–water partition coefficient (Wildman–Crippen LogP) is 1.62. The maximum Gasteiger partial charge on any atom is 0.244 e. The lowest BCUT2D eigenvalue weighted by molar-refractivity contribution is -0.133. The molecule has 1 aliphatic rings. The number of aryl methyl sites for hydroxylation is 2. The van der Waals surface area contributed by atoms with E-state index in [1.807, 2.05) is 20.8 Å². The molecule has 0 N–H and O–H groups in total. The van der Waals surface area contributed by atoms with Gasteiger partial charge in [-0.05, 0) is 26.8 Å². The van der Waals surface area contributed by atoms with Gasteiger partial charge in [0.25, 0.3) is 0 Å². The molecule has 0 saturated carbocycles. The number of carbonyl (C=O) groups excluding carboxylic acids is 1. The zero-order valence-electron chi connectivity index (χ0n) is 13.9. The second-order valence-corrected chi connectivity index (χ2v) is 8.88. The van der Waals surface area contributed by atoms with E-state index in [0.717, 1.165) is 9.75 Å². The molecule has 0 radical (unpaired) electrons. The number of hydrogen-bond acceptors (Lipinski definition) is 5. The fourth-order valence-corrected chi connectivity index (χ4v) is 5.59. The molecule has 1 saturated heterocycles. The quantitative estimate of drug-likeness (QED) is 0.723. The van der Waals surface area contributed by atoms with Crippen LogP contribution in [-0.2, 0) is 19.6 Å².